The van der Waals surface area contributed by atoms with Gasteiger partial charge in [-0.1, -0.05) is 30.3 Å². The first-order chi connectivity index (χ1) is 12.2. The number of anilines is 2. The van der Waals surface area contributed by atoms with Gasteiger partial charge in [0.1, 0.15) is 0 Å². The monoisotopic (exact) mass is 327 g/mol. The molecule has 0 radical (unpaired) electrons. The number of hydrogen-bond acceptors (Lipinski definition) is 3. The summed E-state index contributed by atoms with van der Waals surface area (Å²) in [5, 5.41) is 16.0. The predicted octanol–water partition coefficient (Wildman–Crippen LogP) is 5.26. The number of nitrogens with zero attached hydrogens (tertiary/aromatic N) is 2. The maximum atomic E-state index is 11.3. The van der Waals surface area contributed by atoms with Crippen molar-refractivity contribution in [3.05, 3.63) is 83.0 Å². The highest BCUT2D eigenvalue weighted by molar-refractivity contribution is 5.99. The maximum Gasteiger partial charge on any atom is 0.277 e. The molecule has 4 aromatic rings. The average Bonchev–Trinajstić information content (AvgIpc) is 3.07. The number of nitro groups is 1. The molecule has 25 heavy (non-hydrogen) atoms. The number of para-hydroxylation sites is 2. The Hall–Kier alpha value is -3.60. The largest absolute Gasteiger partial charge is 0.352 e. The van der Waals surface area contributed by atoms with E-state index >= 15 is 0 Å². The summed E-state index contributed by atoms with van der Waals surface area (Å²) in [5.41, 5.74) is 5.71. The molecule has 0 saturated heterocycles. The van der Waals surface area contributed by atoms with E-state index in [1.165, 1.54) is 11.5 Å². The summed E-state index contributed by atoms with van der Waals surface area (Å²) >= 11 is 0. The van der Waals surface area contributed by atoms with Gasteiger partial charge < -0.3 is 9.88 Å². The Morgan fingerprint density at radius 2 is 1.80 bits per heavy atom. The number of rotatable bonds is 2. The van der Waals surface area contributed by atoms with Crippen molar-refractivity contribution >= 4 is 28.0 Å². The zero-order valence-corrected chi connectivity index (χ0v) is 13.1. The minimum Gasteiger partial charge on any atom is -0.352 e. The molecule has 0 amide bonds. The summed E-state index contributed by atoms with van der Waals surface area (Å²) in [6.07, 6.45) is 2.05. The van der Waals surface area contributed by atoms with Gasteiger partial charge in [-0.2, -0.15) is 0 Å². The standard InChI is InChI=1S/C20H13N3O2/c24-23(25)18-7-2-1-5-15(18)14-8-9-19-17(12-14)21-16-6-3-4-13-10-11-22(19)20(13)16/h1-12,21H. The van der Waals surface area contributed by atoms with E-state index in [1.54, 1.807) is 12.1 Å². The first-order valence-corrected chi connectivity index (χ1v) is 7.98. The Labute approximate surface area is 143 Å². The maximum absolute atomic E-state index is 11.3. The van der Waals surface area contributed by atoms with Crippen LogP contribution in [0.4, 0.5) is 17.1 Å². The zero-order chi connectivity index (χ0) is 17.0. The lowest BCUT2D eigenvalue weighted by molar-refractivity contribution is -0.384. The summed E-state index contributed by atoms with van der Waals surface area (Å²) < 4.78 is 2.15. The third-order valence-corrected chi connectivity index (χ3v) is 4.65. The van der Waals surface area contributed by atoms with Crippen LogP contribution in [0.5, 0.6) is 0 Å². The van der Waals surface area contributed by atoms with Crippen LogP contribution in [0.3, 0.4) is 0 Å². The van der Waals surface area contributed by atoms with Crippen LogP contribution >= 0.6 is 0 Å². The minimum absolute atomic E-state index is 0.113. The fraction of sp³-hybridized carbons (Fsp3) is 0. The second-order valence-corrected chi connectivity index (χ2v) is 6.06. The highest BCUT2D eigenvalue weighted by Gasteiger charge is 2.20. The molecule has 0 saturated carbocycles. The Kier molecular flexibility index (Phi) is 2.73. The highest BCUT2D eigenvalue weighted by Crippen LogP contribution is 2.40. The Balaban J connectivity index is 1.71. The zero-order valence-electron chi connectivity index (χ0n) is 13.1. The summed E-state index contributed by atoms with van der Waals surface area (Å²) in [4.78, 5) is 11.0. The van der Waals surface area contributed by atoms with Crippen LogP contribution in [0.1, 0.15) is 0 Å². The third kappa shape index (κ3) is 1.96. The van der Waals surface area contributed by atoms with Crippen molar-refractivity contribution < 1.29 is 4.92 Å². The fourth-order valence-corrected chi connectivity index (χ4v) is 3.53. The van der Waals surface area contributed by atoms with Crippen LogP contribution in [-0.4, -0.2) is 9.49 Å². The molecule has 5 heteroatoms. The Morgan fingerprint density at radius 1 is 0.920 bits per heavy atom. The van der Waals surface area contributed by atoms with Crippen LogP contribution < -0.4 is 5.32 Å². The molecule has 5 rings (SSSR count). The molecule has 3 aromatic carbocycles. The van der Waals surface area contributed by atoms with E-state index < -0.39 is 0 Å². The van der Waals surface area contributed by atoms with Gasteiger partial charge in [-0.15, -0.1) is 0 Å². The van der Waals surface area contributed by atoms with E-state index in [4.69, 9.17) is 0 Å². The number of fused-ring (bicyclic) bond motifs is 2. The van der Waals surface area contributed by atoms with Crippen molar-refractivity contribution in [1.29, 1.82) is 0 Å². The van der Waals surface area contributed by atoms with E-state index in [9.17, 15) is 10.1 Å². The normalized spacial score (nSPS) is 11.8. The van der Waals surface area contributed by atoms with Crippen LogP contribution in [0, 0.1) is 10.1 Å². The molecule has 1 N–H and O–H groups in total. The van der Waals surface area contributed by atoms with E-state index in [-0.39, 0.29) is 10.6 Å². The molecule has 0 bridgehead atoms. The number of nitrogens with one attached hydrogen (secondary N) is 1. The van der Waals surface area contributed by atoms with Gasteiger partial charge in [0.25, 0.3) is 5.69 Å². The third-order valence-electron chi connectivity index (χ3n) is 4.65. The molecule has 0 atom stereocenters. The minimum atomic E-state index is -0.340. The average molecular weight is 327 g/mol. The molecule has 5 nitrogen and oxygen atoms in total. The van der Waals surface area contributed by atoms with Crippen LogP contribution in [0.25, 0.3) is 27.7 Å². The fourth-order valence-electron chi connectivity index (χ4n) is 3.53. The van der Waals surface area contributed by atoms with Crippen LogP contribution in [0.2, 0.25) is 0 Å². The number of hydrogen-bond donors (Lipinski definition) is 1. The molecule has 0 fully saturated rings. The summed E-state index contributed by atoms with van der Waals surface area (Å²) in [7, 11) is 0. The lowest BCUT2D eigenvalue weighted by atomic mass is 10.0. The van der Waals surface area contributed by atoms with Gasteiger partial charge >= 0.3 is 0 Å². The highest BCUT2D eigenvalue weighted by atomic mass is 16.6. The lowest BCUT2D eigenvalue weighted by Gasteiger charge is -2.22. The molecule has 1 aliphatic heterocycles. The summed E-state index contributed by atoms with van der Waals surface area (Å²) in [6.45, 7) is 0. The second-order valence-electron chi connectivity index (χ2n) is 6.06. The first-order valence-electron chi connectivity index (χ1n) is 7.98. The van der Waals surface area contributed by atoms with Crippen LogP contribution in [-0.2, 0) is 0 Å². The Morgan fingerprint density at radius 3 is 2.68 bits per heavy atom. The van der Waals surface area contributed by atoms with Crippen molar-refractivity contribution in [1.82, 2.24) is 4.57 Å². The molecule has 1 aliphatic rings. The molecule has 0 aliphatic carbocycles. The predicted molar refractivity (Wildman–Crippen MR) is 98.6 cm³/mol. The smallest absolute Gasteiger partial charge is 0.277 e. The van der Waals surface area contributed by atoms with Crippen molar-refractivity contribution in [2.75, 3.05) is 5.32 Å². The van der Waals surface area contributed by atoms with Gasteiger partial charge in [0, 0.05) is 17.6 Å². The van der Waals surface area contributed by atoms with Crippen molar-refractivity contribution in [3.63, 3.8) is 0 Å². The number of benzene rings is 3. The molecule has 1 aromatic heterocycles. The molecule has 2 heterocycles. The first kappa shape index (κ1) is 13.8. The molecule has 120 valence electrons. The Bertz CT molecular complexity index is 1160. The number of nitro benzene ring substituents is 1. The van der Waals surface area contributed by atoms with E-state index in [0.717, 1.165) is 28.1 Å². The molecular weight excluding hydrogens is 314 g/mol. The molecular formula is C20H13N3O2. The summed E-state index contributed by atoms with van der Waals surface area (Å²) in [5.74, 6) is 0. The second kappa shape index (κ2) is 4.95. The van der Waals surface area contributed by atoms with E-state index in [2.05, 4.69) is 28.2 Å². The van der Waals surface area contributed by atoms with Gasteiger partial charge in [-0.3, -0.25) is 10.1 Å². The van der Waals surface area contributed by atoms with Crippen LogP contribution in [0.15, 0.2) is 72.9 Å². The van der Waals surface area contributed by atoms with Gasteiger partial charge in [-0.05, 0) is 35.9 Å². The molecule has 0 unspecified atom stereocenters. The lowest BCUT2D eigenvalue weighted by Crippen LogP contribution is -2.06. The van der Waals surface area contributed by atoms with E-state index in [0.29, 0.717) is 5.56 Å². The van der Waals surface area contributed by atoms with Gasteiger partial charge in [0.15, 0.2) is 0 Å². The van der Waals surface area contributed by atoms with Crippen molar-refractivity contribution in [2.45, 2.75) is 0 Å². The van der Waals surface area contributed by atoms with Gasteiger partial charge in [0.05, 0.1) is 33.1 Å². The quantitative estimate of drug-likeness (QED) is 0.355. The van der Waals surface area contributed by atoms with Crippen molar-refractivity contribution in [2.24, 2.45) is 0 Å². The van der Waals surface area contributed by atoms with Crippen molar-refractivity contribution in [3.8, 4) is 16.8 Å². The summed E-state index contributed by atoms with van der Waals surface area (Å²) in [6, 6.07) is 21.0. The topological polar surface area (TPSA) is 60.1 Å². The van der Waals surface area contributed by atoms with Gasteiger partial charge in [0.2, 0.25) is 0 Å². The van der Waals surface area contributed by atoms with Gasteiger partial charge in [-0.25, -0.2) is 0 Å². The SMILES string of the molecule is O=[N+]([O-])c1ccccc1-c1ccc2c(c1)Nc1cccc3ccn-2c13. The number of aromatic nitrogens is 1. The van der Waals surface area contributed by atoms with E-state index in [1.807, 2.05) is 36.4 Å². The molecule has 0 spiro atoms.